The average Bonchev–Trinajstić information content (AvgIpc) is 2.57. The molecule has 0 bridgehead atoms. The Morgan fingerprint density at radius 1 is 1.17 bits per heavy atom. The zero-order chi connectivity index (χ0) is 16.5. The molecule has 2 aromatic carbocycles. The monoisotopic (exact) mass is 366 g/mol. The number of rotatable bonds is 7. The second-order valence-electron chi connectivity index (χ2n) is 4.75. The molecule has 0 aromatic heterocycles. The molecule has 3 nitrogen and oxygen atoms in total. The van der Waals surface area contributed by atoms with Crippen LogP contribution >= 0.6 is 35.6 Å². The van der Waals surface area contributed by atoms with Crippen LogP contribution in [0.5, 0.6) is 5.75 Å². The summed E-state index contributed by atoms with van der Waals surface area (Å²) in [5.74, 6) is 2.68. The maximum Gasteiger partial charge on any atom is 0.170 e. The number of thioether (sulfide) groups is 1. The second kappa shape index (κ2) is 9.65. The summed E-state index contributed by atoms with van der Waals surface area (Å²) in [7, 11) is 1.65. The molecule has 2 aromatic rings. The van der Waals surface area contributed by atoms with Gasteiger partial charge in [-0.2, -0.15) is 11.8 Å². The Morgan fingerprint density at radius 3 is 2.61 bits per heavy atom. The van der Waals surface area contributed by atoms with Crippen LogP contribution in [0.1, 0.15) is 5.56 Å². The molecule has 0 fully saturated rings. The minimum absolute atomic E-state index is 0.619. The van der Waals surface area contributed by atoms with Crippen molar-refractivity contribution in [1.82, 2.24) is 5.32 Å². The normalized spacial score (nSPS) is 10.2. The molecule has 0 aliphatic carbocycles. The highest BCUT2D eigenvalue weighted by Gasteiger charge is 2.00. The summed E-state index contributed by atoms with van der Waals surface area (Å²) in [6.07, 6.45) is 0. The fourth-order valence-electron chi connectivity index (χ4n) is 1.88. The molecule has 0 saturated carbocycles. The first-order valence-electron chi connectivity index (χ1n) is 7.19. The van der Waals surface area contributed by atoms with E-state index >= 15 is 0 Å². The summed E-state index contributed by atoms with van der Waals surface area (Å²) in [6, 6.07) is 15.6. The smallest absolute Gasteiger partial charge is 0.170 e. The number of anilines is 1. The highest BCUT2D eigenvalue weighted by Crippen LogP contribution is 2.20. The Balaban J connectivity index is 1.64. The third-order valence-corrected chi connectivity index (χ3v) is 4.72. The first kappa shape index (κ1) is 17.9. The number of thiocarbonyl (C=S) groups is 1. The summed E-state index contributed by atoms with van der Waals surface area (Å²) in [5, 5.41) is 7.78. The zero-order valence-electron chi connectivity index (χ0n) is 12.8. The molecule has 23 heavy (non-hydrogen) atoms. The lowest BCUT2D eigenvalue weighted by molar-refractivity contribution is 0.415. The van der Waals surface area contributed by atoms with Crippen LogP contribution in [0.25, 0.3) is 0 Å². The average molecular weight is 367 g/mol. The van der Waals surface area contributed by atoms with Gasteiger partial charge in [0.25, 0.3) is 0 Å². The van der Waals surface area contributed by atoms with Gasteiger partial charge in [-0.05, 0) is 48.1 Å². The molecule has 2 N–H and O–H groups in total. The van der Waals surface area contributed by atoms with Crippen LogP contribution in [-0.4, -0.2) is 24.5 Å². The zero-order valence-corrected chi connectivity index (χ0v) is 15.2. The molecule has 0 unspecified atom stereocenters. The molecule has 0 saturated heterocycles. The summed E-state index contributed by atoms with van der Waals surface area (Å²) in [5.41, 5.74) is 2.10. The quantitative estimate of drug-likeness (QED) is 0.554. The van der Waals surface area contributed by atoms with Gasteiger partial charge >= 0.3 is 0 Å². The molecule has 0 heterocycles. The van der Waals surface area contributed by atoms with E-state index in [1.807, 2.05) is 54.2 Å². The Labute approximate surface area is 151 Å². The van der Waals surface area contributed by atoms with E-state index < -0.39 is 0 Å². The van der Waals surface area contributed by atoms with Crippen molar-refractivity contribution in [3.8, 4) is 5.75 Å². The highest BCUT2D eigenvalue weighted by atomic mass is 35.5. The van der Waals surface area contributed by atoms with Gasteiger partial charge in [-0.3, -0.25) is 0 Å². The topological polar surface area (TPSA) is 33.3 Å². The van der Waals surface area contributed by atoms with Gasteiger partial charge in [-0.25, -0.2) is 0 Å². The van der Waals surface area contributed by atoms with Gasteiger partial charge in [0.1, 0.15) is 5.75 Å². The minimum atomic E-state index is 0.619. The van der Waals surface area contributed by atoms with Crippen LogP contribution in [0.4, 0.5) is 5.69 Å². The van der Waals surface area contributed by atoms with E-state index in [1.54, 1.807) is 7.11 Å². The summed E-state index contributed by atoms with van der Waals surface area (Å²) < 4.78 is 5.12. The predicted octanol–water partition coefficient (Wildman–Crippen LogP) is 4.57. The Hall–Kier alpha value is -1.43. The van der Waals surface area contributed by atoms with Gasteiger partial charge in [0, 0.05) is 28.8 Å². The number of methoxy groups -OCH3 is 1. The predicted molar refractivity (Wildman–Crippen MR) is 105 cm³/mol. The maximum atomic E-state index is 6.13. The van der Waals surface area contributed by atoms with Crippen molar-refractivity contribution in [2.75, 3.05) is 24.7 Å². The summed E-state index contributed by atoms with van der Waals surface area (Å²) >= 11 is 13.2. The first-order valence-corrected chi connectivity index (χ1v) is 9.13. The molecule has 0 aliphatic rings. The van der Waals surface area contributed by atoms with Gasteiger partial charge in [-0.1, -0.05) is 29.8 Å². The lowest BCUT2D eigenvalue weighted by Crippen LogP contribution is -2.30. The summed E-state index contributed by atoms with van der Waals surface area (Å²) in [4.78, 5) is 0. The Kier molecular flexibility index (Phi) is 7.52. The largest absolute Gasteiger partial charge is 0.497 e. The van der Waals surface area contributed by atoms with Crippen molar-refractivity contribution in [1.29, 1.82) is 0 Å². The van der Waals surface area contributed by atoms with E-state index in [1.165, 1.54) is 0 Å². The number of halogens is 1. The fraction of sp³-hybridized carbons (Fsp3) is 0.235. The van der Waals surface area contributed by atoms with Gasteiger partial charge in [0.15, 0.2) is 5.11 Å². The number of hydrogen-bond acceptors (Lipinski definition) is 3. The molecular formula is C17H19ClN2OS2. The molecule has 2 rings (SSSR count). The van der Waals surface area contributed by atoms with Gasteiger partial charge in [0.05, 0.1) is 7.11 Å². The van der Waals surface area contributed by atoms with E-state index in [9.17, 15) is 0 Å². The first-order chi connectivity index (χ1) is 11.2. The second-order valence-corrected chi connectivity index (χ2v) is 6.67. The lowest BCUT2D eigenvalue weighted by Gasteiger charge is -2.11. The molecule has 0 aliphatic heterocycles. The molecular weight excluding hydrogens is 348 g/mol. The number of nitrogens with one attached hydrogen (secondary N) is 2. The van der Waals surface area contributed by atoms with Crippen LogP contribution in [0.15, 0.2) is 48.5 Å². The van der Waals surface area contributed by atoms with E-state index in [2.05, 4.69) is 16.7 Å². The summed E-state index contributed by atoms with van der Waals surface area (Å²) in [6.45, 7) is 0.803. The Bertz CT molecular complexity index is 635. The van der Waals surface area contributed by atoms with E-state index in [0.717, 1.165) is 40.1 Å². The van der Waals surface area contributed by atoms with Crippen LogP contribution in [0.3, 0.4) is 0 Å². The van der Waals surface area contributed by atoms with Gasteiger partial charge in [-0.15, -0.1) is 0 Å². The molecule has 0 atom stereocenters. The lowest BCUT2D eigenvalue weighted by atomic mass is 10.2. The molecule has 6 heteroatoms. The molecule has 0 radical (unpaired) electrons. The standard InChI is InChI=1S/C17H19ClN2OS2/c1-21-15-8-6-14(7-9-15)20-17(22)19-10-11-23-12-13-4-2-3-5-16(13)18/h2-9H,10-12H2,1H3,(H2,19,20,22). The SMILES string of the molecule is COc1ccc(NC(=S)NCCSCc2ccccc2Cl)cc1. The van der Waals surface area contributed by atoms with Crippen molar-refractivity contribution >= 4 is 46.4 Å². The molecule has 0 amide bonds. The fourth-order valence-corrected chi connectivity index (χ4v) is 3.25. The van der Waals surface area contributed by atoms with Crippen molar-refractivity contribution in [2.45, 2.75) is 5.75 Å². The maximum absolute atomic E-state index is 6.13. The Morgan fingerprint density at radius 2 is 1.91 bits per heavy atom. The number of hydrogen-bond donors (Lipinski definition) is 2. The van der Waals surface area contributed by atoms with Gasteiger partial charge < -0.3 is 15.4 Å². The number of ether oxygens (including phenoxy) is 1. The molecule has 122 valence electrons. The van der Waals surface area contributed by atoms with Gasteiger partial charge in [0.2, 0.25) is 0 Å². The van der Waals surface area contributed by atoms with Crippen LogP contribution < -0.4 is 15.4 Å². The third kappa shape index (κ3) is 6.29. The number of benzene rings is 2. The van der Waals surface area contributed by atoms with E-state index in [0.29, 0.717) is 5.11 Å². The van der Waals surface area contributed by atoms with E-state index in [-0.39, 0.29) is 0 Å². The van der Waals surface area contributed by atoms with Crippen molar-refractivity contribution < 1.29 is 4.74 Å². The highest BCUT2D eigenvalue weighted by molar-refractivity contribution is 7.98. The van der Waals surface area contributed by atoms with Crippen molar-refractivity contribution in [3.05, 3.63) is 59.1 Å². The van der Waals surface area contributed by atoms with Crippen LogP contribution in [-0.2, 0) is 5.75 Å². The van der Waals surface area contributed by atoms with Crippen molar-refractivity contribution in [2.24, 2.45) is 0 Å². The van der Waals surface area contributed by atoms with Crippen LogP contribution in [0.2, 0.25) is 5.02 Å². The third-order valence-electron chi connectivity index (χ3n) is 3.10. The van der Waals surface area contributed by atoms with E-state index in [4.69, 9.17) is 28.6 Å². The van der Waals surface area contributed by atoms with Crippen molar-refractivity contribution in [3.63, 3.8) is 0 Å². The minimum Gasteiger partial charge on any atom is -0.497 e. The van der Waals surface area contributed by atoms with Crippen LogP contribution in [0, 0.1) is 0 Å². The molecule has 0 spiro atoms.